The van der Waals surface area contributed by atoms with Crippen molar-refractivity contribution in [3.8, 4) is 11.5 Å². The van der Waals surface area contributed by atoms with E-state index in [0.717, 1.165) is 4.31 Å². The Kier molecular flexibility index (Phi) is 4.13. The Morgan fingerprint density at radius 1 is 1.10 bits per heavy atom. The Morgan fingerprint density at radius 3 is 2.19 bits per heavy atom. The summed E-state index contributed by atoms with van der Waals surface area (Å²) in [4.78, 5) is 12.2. The van der Waals surface area contributed by atoms with Gasteiger partial charge < -0.3 is 9.47 Å². The minimum Gasteiger partial charge on any atom is -0.493 e. The Hall–Kier alpha value is -1.76. The summed E-state index contributed by atoms with van der Waals surface area (Å²) < 4.78 is 36.8. The molecule has 0 saturated carbocycles. The van der Waals surface area contributed by atoms with Crippen LogP contribution in [-0.4, -0.2) is 38.9 Å². The smallest absolute Gasteiger partial charge is 0.267 e. The number of methoxy groups -OCH3 is 2. The molecule has 0 N–H and O–H groups in total. The van der Waals surface area contributed by atoms with Gasteiger partial charge in [-0.2, -0.15) is 0 Å². The normalized spacial score (nSPS) is 17.4. The zero-order valence-electron chi connectivity index (χ0n) is 12.5. The molecule has 0 fully saturated rings. The molecule has 6 nitrogen and oxygen atoms in total. The van der Waals surface area contributed by atoms with E-state index in [1.807, 2.05) is 0 Å². The highest BCUT2D eigenvalue weighted by atomic mass is 32.2. The average Bonchev–Trinajstić information content (AvgIpc) is 2.51. The van der Waals surface area contributed by atoms with E-state index in [0.29, 0.717) is 23.5 Å². The number of nitrogens with zero attached hydrogens (tertiary/aromatic N) is 1. The Morgan fingerprint density at radius 2 is 1.67 bits per heavy atom. The highest BCUT2D eigenvalue weighted by Gasteiger charge is 2.36. The van der Waals surface area contributed by atoms with E-state index in [-0.39, 0.29) is 17.2 Å². The molecule has 1 amide bonds. The van der Waals surface area contributed by atoms with Crippen LogP contribution in [0.2, 0.25) is 0 Å². The fraction of sp³-hybridized carbons (Fsp3) is 0.500. The van der Waals surface area contributed by atoms with Crippen LogP contribution in [-0.2, 0) is 21.2 Å². The fourth-order valence-electron chi connectivity index (χ4n) is 2.50. The van der Waals surface area contributed by atoms with Crippen molar-refractivity contribution in [3.05, 3.63) is 17.7 Å². The number of benzene rings is 1. The highest BCUT2D eigenvalue weighted by molar-refractivity contribution is 7.89. The van der Waals surface area contributed by atoms with Gasteiger partial charge in [0.25, 0.3) is 10.0 Å². The van der Waals surface area contributed by atoms with Crippen molar-refractivity contribution in [2.75, 3.05) is 14.2 Å². The molecule has 0 atom stereocenters. The number of sulfonamides is 1. The summed E-state index contributed by atoms with van der Waals surface area (Å²) in [5.74, 6) is 0.397. The van der Waals surface area contributed by atoms with Crippen LogP contribution in [0.4, 0.5) is 0 Å². The number of carbonyl (C=O) groups excluding carboxylic acids is 1. The van der Waals surface area contributed by atoms with Crippen molar-refractivity contribution < 1.29 is 22.7 Å². The van der Waals surface area contributed by atoms with Crippen molar-refractivity contribution in [2.24, 2.45) is 0 Å². The predicted molar refractivity (Wildman–Crippen MR) is 77.0 cm³/mol. The van der Waals surface area contributed by atoms with E-state index in [4.69, 9.17) is 9.47 Å². The summed E-state index contributed by atoms with van der Waals surface area (Å²) in [5.41, 5.74) is 0.573. The Balaban J connectivity index is 2.70. The van der Waals surface area contributed by atoms with Crippen LogP contribution in [0.3, 0.4) is 0 Å². The summed E-state index contributed by atoms with van der Waals surface area (Å²) in [7, 11) is -0.947. The predicted octanol–water partition coefficient (Wildman–Crippen LogP) is 1.58. The molecule has 1 aliphatic rings. The van der Waals surface area contributed by atoms with Crippen LogP contribution in [0.15, 0.2) is 17.0 Å². The Bertz CT molecular complexity index is 666. The lowest BCUT2D eigenvalue weighted by Gasteiger charge is -2.25. The zero-order chi connectivity index (χ0) is 15.8. The van der Waals surface area contributed by atoms with Crippen LogP contribution in [0.1, 0.15) is 25.8 Å². The molecule has 116 valence electrons. The molecule has 1 heterocycles. The lowest BCUT2D eigenvalue weighted by atomic mass is 10.1. The second-order valence-electron chi connectivity index (χ2n) is 5.10. The molecule has 2 rings (SSSR count). The van der Waals surface area contributed by atoms with Gasteiger partial charge in [-0.1, -0.05) is 0 Å². The number of hydrogen-bond acceptors (Lipinski definition) is 5. The zero-order valence-corrected chi connectivity index (χ0v) is 13.4. The third-order valence-electron chi connectivity index (χ3n) is 3.43. The molecule has 21 heavy (non-hydrogen) atoms. The molecule has 0 bridgehead atoms. The molecule has 0 saturated heterocycles. The first-order valence-corrected chi connectivity index (χ1v) is 8.09. The Labute approximate surface area is 124 Å². The minimum atomic E-state index is -3.88. The number of aryl methyl sites for hydroxylation is 1. The standard InChI is InChI=1S/C14H19NO5S/c1-9(2)15-14(16)6-5-10-7-11(19-3)12(20-4)8-13(10)21(15,17)18/h7-9H,5-6H2,1-4H3. The molecule has 1 aromatic carbocycles. The quantitative estimate of drug-likeness (QED) is 0.847. The van der Waals surface area contributed by atoms with Gasteiger partial charge in [0.05, 0.1) is 19.1 Å². The van der Waals surface area contributed by atoms with Crippen LogP contribution < -0.4 is 9.47 Å². The maximum atomic E-state index is 12.8. The van der Waals surface area contributed by atoms with Gasteiger partial charge in [0.15, 0.2) is 11.5 Å². The van der Waals surface area contributed by atoms with Gasteiger partial charge in [-0.25, -0.2) is 12.7 Å². The third kappa shape index (κ3) is 2.57. The maximum absolute atomic E-state index is 12.8. The number of carbonyl (C=O) groups is 1. The summed E-state index contributed by atoms with van der Waals surface area (Å²) in [6.07, 6.45) is 0.511. The lowest BCUT2D eigenvalue weighted by molar-refractivity contribution is -0.127. The van der Waals surface area contributed by atoms with Crippen molar-refractivity contribution in [1.82, 2.24) is 4.31 Å². The molecule has 0 aromatic heterocycles. The van der Waals surface area contributed by atoms with E-state index in [9.17, 15) is 13.2 Å². The number of rotatable bonds is 3. The van der Waals surface area contributed by atoms with Crippen molar-refractivity contribution in [3.63, 3.8) is 0 Å². The molecule has 1 aliphatic heterocycles. The molecule has 0 aliphatic carbocycles. The van der Waals surface area contributed by atoms with Crippen LogP contribution in [0, 0.1) is 0 Å². The molecule has 7 heteroatoms. The summed E-state index contributed by atoms with van der Waals surface area (Å²) in [5, 5.41) is 0. The summed E-state index contributed by atoms with van der Waals surface area (Å²) in [6, 6.07) is 2.63. The lowest BCUT2D eigenvalue weighted by Crippen LogP contribution is -2.40. The van der Waals surface area contributed by atoms with E-state index in [1.165, 1.54) is 20.3 Å². The van der Waals surface area contributed by atoms with Crippen LogP contribution in [0.25, 0.3) is 0 Å². The van der Waals surface area contributed by atoms with Gasteiger partial charge in [-0.3, -0.25) is 4.79 Å². The second kappa shape index (κ2) is 5.55. The summed E-state index contributed by atoms with van der Waals surface area (Å²) in [6.45, 7) is 3.36. The maximum Gasteiger partial charge on any atom is 0.267 e. The summed E-state index contributed by atoms with van der Waals surface area (Å²) >= 11 is 0. The molecular weight excluding hydrogens is 294 g/mol. The number of fused-ring (bicyclic) bond motifs is 1. The van der Waals surface area contributed by atoms with Crippen LogP contribution in [0.5, 0.6) is 11.5 Å². The van der Waals surface area contributed by atoms with Crippen molar-refractivity contribution >= 4 is 15.9 Å². The number of hydrogen-bond donors (Lipinski definition) is 0. The fourth-order valence-corrected chi connectivity index (χ4v) is 4.37. The molecule has 0 unspecified atom stereocenters. The monoisotopic (exact) mass is 313 g/mol. The molecule has 1 aromatic rings. The van der Waals surface area contributed by atoms with E-state index in [2.05, 4.69) is 0 Å². The van der Waals surface area contributed by atoms with E-state index < -0.39 is 16.1 Å². The van der Waals surface area contributed by atoms with Gasteiger partial charge in [0, 0.05) is 18.5 Å². The first-order chi connectivity index (χ1) is 9.82. The molecule has 0 radical (unpaired) electrons. The number of amides is 1. The molecular formula is C14H19NO5S. The van der Waals surface area contributed by atoms with Crippen molar-refractivity contribution in [1.29, 1.82) is 0 Å². The SMILES string of the molecule is COc1cc2c(cc1OC)S(=O)(=O)N(C(C)C)C(=O)CC2. The first kappa shape index (κ1) is 15.6. The van der Waals surface area contributed by atoms with Gasteiger partial charge in [-0.05, 0) is 31.9 Å². The van der Waals surface area contributed by atoms with Gasteiger partial charge in [-0.15, -0.1) is 0 Å². The topological polar surface area (TPSA) is 72.9 Å². The van der Waals surface area contributed by atoms with Gasteiger partial charge >= 0.3 is 0 Å². The van der Waals surface area contributed by atoms with Gasteiger partial charge in [0.1, 0.15) is 0 Å². The third-order valence-corrected chi connectivity index (χ3v) is 5.51. The average molecular weight is 313 g/mol. The van der Waals surface area contributed by atoms with E-state index >= 15 is 0 Å². The van der Waals surface area contributed by atoms with Crippen molar-refractivity contribution in [2.45, 2.75) is 37.6 Å². The largest absolute Gasteiger partial charge is 0.493 e. The minimum absolute atomic E-state index is 0.111. The van der Waals surface area contributed by atoms with Gasteiger partial charge in [0.2, 0.25) is 5.91 Å². The van der Waals surface area contributed by atoms with E-state index in [1.54, 1.807) is 19.9 Å². The second-order valence-corrected chi connectivity index (χ2v) is 6.89. The highest BCUT2D eigenvalue weighted by Crippen LogP contribution is 2.36. The van der Waals surface area contributed by atoms with Crippen LogP contribution >= 0.6 is 0 Å². The first-order valence-electron chi connectivity index (χ1n) is 6.65. The molecule has 0 spiro atoms. The number of ether oxygens (including phenoxy) is 2.